The zero-order chi connectivity index (χ0) is 20.2. The van der Waals surface area contributed by atoms with Crippen molar-refractivity contribution < 1.29 is 14.3 Å². The third-order valence-corrected chi connectivity index (χ3v) is 4.68. The maximum atomic E-state index is 12.5. The van der Waals surface area contributed by atoms with E-state index in [1.54, 1.807) is 24.3 Å². The molecule has 0 bridgehead atoms. The fraction of sp³-hybridized carbons (Fsp3) is 0.0417. The maximum absolute atomic E-state index is 12.5. The number of fused-ring (bicyclic) bond motifs is 3. The second kappa shape index (κ2) is 7.94. The molecule has 5 nitrogen and oxygen atoms in total. The summed E-state index contributed by atoms with van der Waals surface area (Å²) in [6.07, 6.45) is 1.21. The van der Waals surface area contributed by atoms with Gasteiger partial charge in [0.25, 0.3) is 0 Å². The standard InChI is InChI=1S/C24H18N2O3/c1-29-24(28)21(15-22(27)16-9-3-2-4-10-16)25-26-23-19-13-7-5-11-17(19)18-12-6-8-14-20(18)23/h2-15,25H,1H3/b21-15-. The van der Waals surface area contributed by atoms with Gasteiger partial charge < -0.3 is 4.74 Å². The molecule has 0 fully saturated rings. The molecule has 3 aromatic carbocycles. The average molecular weight is 382 g/mol. The zero-order valence-corrected chi connectivity index (χ0v) is 15.8. The Morgan fingerprint density at radius 3 is 1.86 bits per heavy atom. The summed E-state index contributed by atoms with van der Waals surface area (Å²) in [6.45, 7) is 0. The fourth-order valence-corrected chi connectivity index (χ4v) is 3.29. The van der Waals surface area contributed by atoms with Gasteiger partial charge in [-0.05, 0) is 11.1 Å². The number of rotatable bonds is 5. The highest BCUT2D eigenvalue weighted by atomic mass is 16.5. The second-order valence-electron chi connectivity index (χ2n) is 6.44. The third-order valence-electron chi connectivity index (χ3n) is 4.68. The lowest BCUT2D eigenvalue weighted by molar-refractivity contribution is -0.136. The third kappa shape index (κ3) is 3.58. The highest BCUT2D eigenvalue weighted by Gasteiger charge is 2.24. The topological polar surface area (TPSA) is 67.8 Å². The van der Waals surface area contributed by atoms with E-state index in [0.29, 0.717) is 11.3 Å². The van der Waals surface area contributed by atoms with Crippen molar-refractivity contribution in [2.75, 3.05) is 7.11 Å². The largest absolute Gasteiger partial charge is 0.464 e. The number of methoxy groups -OCH3 is 1. The Morgan fingerprint density at radius 2 is 1.31 bits per heavy atom. The summed E-state index contributed by atoms with van der Waals surface area (Å²) in [5.74, 6) is -0.982. The van der Waals surface area contributed by atoms with Crippen LogP contribution >= 0.6 is 0 Å². The SMILES string of the molecule is COC(=O)/C(=C/C(=O)c1ccccc1)NN=C1c2ccccc2-c2ccccc21. The molecule has 29 heavy (non-hydrogen) atoms. The van der Waals surface area contributed by atoms with Crippen LogP contribution in [0.2, 0.25) is 0 Å². The van der Waals surface area contributed by atoms with E-state index in [9.17, 15) is 9.59 Å². The Bertz CT molecular complexity index is 1100. The molecule has 1 N–H and O–H groups in total. The minimum absolute atomic E-state index is 0.0317. The van der Waals surface area contributed by atoms with Crippen molar-refractivity contribution in [3.8, 4) is 11.1 Å². The predicted octanol–water partition coefficient (Wildman–Crippen LogP) is 3.95. The number of nitrogens with one attached hydrogen (secondary N) is 1. The van der Waals surface area contributed by atoms with E-state index < -0.39 is 5.97 Å². The summed E-state index contributed by atoms with van der Waals surface area (Å²) >= 11 is 0. The molecule has 142 valence electrons. The number of carbonyl (C=O) groups is 2. The highest BCUT2D eigenvalue weighted by molar-refractivity contribution is 6.24. The molecule has 5 heteroatoms. The smallest absolute Gasteiger partial charge is 0.356 e. The number of allylic oxidation sites excluding steroid dienone is 1. The van der Waals surface area contributed by atoms with Gasteiger partial charge in [-0.15, -0.1) is 0 Å². The van der Waals surface area contributed by atoms with Crippen LogP contribution in [0.3, 0.4) is 0 Å². The molecule has 1 aliphatic carbocycles. The average Bonchev–Trinajstić information content (AvgIpc) is 3.10. The molecule has 1 aliphatic rings. The zero-order valence-electron chi connectivity index (χ0n) is 15.8. The molecule has 0 aromatic heterocycles. The van der Waals surface area contributed by atoms with Crippen molar-refractivity contribution in [2.45, 2.75) is 0 Å². The molecular formula is C24H18N2O3. The van der Waals surface area contributed by atoms with Gasteiger partial charge in [-0.2, -0.15) is 5.10 Å². The lowest BCUT2D eigenvalue weighted by Crippen LogP contribution is -2.20. The van der Waals surface area contributed by atoms with Gasteiger partial charge in [-0.25, -0.2) is 4.79 Å². The normalized spacial score (nSPS) is 12.0. The lowest BCUT2D eigenvalue weighted by atomic mass is 10.1. The number of hydrazone groups is 1. The number of carbonyl (C=O) groups excluding carboxylic acids is 2. The van der Waals surface area contributed by atoms with Gasteiger partial charge in [0.1, 0.15) is 5.70 Å². The van der Waals surface area contributed by atoms with Gasteiger partial charge in [0, 0.05) is 22.8 Å². The van der Waals surface area contributed by atoms with Gasteiger partial charge in [-0.3, -0.25) is 10.2 Å². The maximum Gasteiger partial charge on any atom is 0.356 e. The monoisotopic (exact) mass is 382 g/mol. The molecule has 0 heterocycles. The first-order valence-corrected chi connectivity index (χ1v) is 9.11. The van der Waals surface area contributed by atoms with E-state index in [4.69, 9.17) is 4.74 Å². The summed E-state index contributed by atoms with van der Waals surface area (Å²) in [5.41, 5.74) is 7.96. The van der Waals surface area contributed by atoms with E-state index in [1.807, 2.05) is 54.6 Å². The summed E-state index contributed by atoms with van der Waals surface area (Å²) in [4.78, 5) is 24.7. The fourth-order valence-electron chi connectivity index (χ4n) is 3.29. The number of esters is 1. The van der Waals surface area contributed by atoms with Crippen molar-refractivity contribution in [3.05, 3.63) is 107 Å². The van der Waals surface area contributed by atoms with Crippen LogP contribution in [0.25, 0.3) is 11.1 Å². The van der Waals surface area contributed by atoms with E-state index in [-0.39, 0.29) is 11.5 Å². The summed E-state index contributed by atoms with van der Waals surface area (Å²) in [6, 6.07) is 24.6. The lowest BCUT2D eigenvalue weighted by Gasteiger charge is -2.07. The van der Waals surface area contributed by atoms with Gasteiger partial charge >= 0.3 is 5.97 Å². The number of hydrogen-bond acceptors (Lipinski definition) is 5. The first kappa shape index (κ1) is 18.4. The Labute approximate surface area is 168 Å². The van der Waals surface area contributed by atoms with Crippen LogP contribution in [-0.2, 0) is 9.53 Å². The molecular weight excluding hydrogens is 364 g/mol. The van der Waals surface area contributed by atoms with Crippen molar-refractivity contribution in [2.24, 2.45) is 5.10 Å². The summed E-state index contributed by atoms with van der Waals surface area (Å²) in [5, 5.41) is 4.47. The van der Waals surface area contributed by atoms with Crippen LogP contribution in [0.4, 0.5) is 0 Å². The van der Waals surface area contributed by atoms with Crippen molar-refractivity contribution >= 4 is 17.5 Å². The Morgan fingerprint density at radius 1 is 0.793 bits per heavy atom. The van der Waals surface area contributed by atoms with Crippen molar-refractivity contribution in [3.63, 3.8) is 0 Å². The van der Waals surface area contributed by atoms with Gasteiger partial charge in [0.2, 0.25) is 0 Å². The molecule has 0 atom stereocenters. The Kier molecular flexibility index (Phi) is 5.03. The van der Waals surface area contributed by atoms with E-state index in [2.05, 4.69) is 10.5 Å². The van der Waals surface area contributed by atoms with Crippen LogP contribution in [0.15, 0.2) is 95.7 Å². The van der Waals surface area contributed by atoms with E-state index >= 15 is 0 Å². The molecule has 4 rings (SSSR count). The van der Waals surface area contributed by atoms with Crippen molar-refractivity contribution in [1.29, 1.82) is 0 Å². The Hall–Kier alpha value is -3.99. The van der Waals surface area contributed by atoms with Crippen LogP contribution in [0.1, 0.15) is 21.5 Å². The van der Waals surface area contributed by atoms with Crippen molar-refractivity contribution in [1.82, 2.24) is 5.43 Å². The van der Waals surface area contributed by atoms with Crippen LogP contribution in [0, 0.1) is 0 Å². The number of nitrogens with zero attached hydrogens (tertiary/aromatic N) is 1. The van der Waals surface area contributed by atoms with Gasteiger partial charge in [0.15, 0.2) is 5.78 Å². The van der Waals surface area contributed by atoms with Crippen LogP contribution < -0.4 is 5.43 Å². The molecule has 0 aliphatic heterocycles. The number of ether oxygens (including phenoxy) is 1. The minimum Gasteiger partial charge on any atom is -0.464 e. The summed E-state index contributed by atoms with van der Waals surface area (Å²) in [7, 11) is 1.26. The number of ketones is 1. The van der Waals surface area contributed by atoms with Gasteiger partial charge in [-0.1, -0.05) is 78.9 Å². The predicted molar refractivity (Wildman–Crippen MR) is 112 cm³/mol. The molecule has 0 saturated carbocycles. The first-order chi connectivity index (χ1) is 14.2. The van der Waals surface area contributed by atoms with E-state index in [1.165, 1.54) is 13.2 Å². The molecule has 0 radical (unpaired) electrons. The first-order valence-electron chi connectivity index (χ1n) is 9.11. The van der Waals surface area contributed by atoms with Gasteiger partial charge in [0.05, 0.1) is 12.8 Å². The van der Waals surface area contributed by atoms with E-state index in [0.717, 1.165) is 22.3 Å². The van der Waals surface area contributed by atoms with Crippen LogP contribution in [0.5, 0.6) is 0 Å². The molecule has 0 saturated heterocycles. The van der Waals surface area contributed by atoms with Crippen LogP contribution in [-0.4, -0.2) is 24.6 Å². The Balaban J connectivity index is 1.71. The quantitative estimate of drug-likeness (QED) is 0.246. The number of hydrogen-bond donors (Lipinski definition) is 1. The number of benzene rings is 3. The molecule has 0 amide bonds. The summed E-state index contributed by atoms with van der Waals surface area (Å²) < 4.78 is 4.81. The molecule has 0 unspecified atom stereocenters. The highest BCUT2D eigenvalue weighted by Crippen LogP contribution is 2.36. The molecule has 3 aromatic rings. The molecule has 0 spiro atoms. The minimum atomic E-state index is -0.668. The second-order valence-corrected chi connectivity index (χ2v) is 6.44.